The normalized spacial score (nSPS) is 22.7. The van der Waals surface area contributed by atoms with Crippen molar-refractivity contribution in [1.82, 2.24) is 0 Å². The summed E-state index contributed by atoms with van der Waals surface area (Å²) in [5.41, 5.74) is 0.808. The molecule has 1 aliphatic carbocycles. The molecule has 2 heteroatoms. The lowest BCUT2D eigenvalue weighted by Crippen LogP contribution is -2.23. The molecule has 0 heterocycles. The summed E-state index contributed by atoms with van der Waals surface area (Å²) < 4.78 is 13.1. The Hall–Kier alpha value is -1.18. The van der Waals surface area contributed by atoms with Gasteiger partial charge in [0.2, 0.25) is 0 Å². The van der Waals surface area contributed by atoms with E-state index < -0.39 is 0 Å². The van der Waals surface area contributed by atoms with Crippen molar-refractivity contribution in [3.05, 3.63) is 35.6 Å². The number of unbranched alkanes of at least 4 members (excludes halogenated alkanes) is 1. The molecule has 0 N–H and O–H groups in total. The number of hydrogen-bond donors (Lipinski definition) is 0. The van der Waals surface area contributed by atoms with E-state index in [0.717, 1.165) is 24.3 Å². The van der Waals surface area contributed by atoms with E-state index in [2.05, 4.69) is 6.92 Å². The van der Waals surface area contributed by atoms with Gasteiger partial charge in [0.05, 0.1) is 0 Å². The van der Waals surface area contributed by atoms with E-state index in [9.17, 15) is 9.18 Å². The number of ketones is 1. The highest BCUT2D eigenvalue weighted by Crippen LogP contribution is 2.32. The number of carbonyl (C=O) groups is 1. The predicted octanol–water partition coefficient (Wildman–Crippen LogP) is 4.93. The molecule has 0 atom stereocenters. The fourth-order valence-electron chi connectivity index (χ4n) is 3.26. The summed E-state index contributed by atoms with van der Waals surface area (Å²) >= 11 is 0. The Morgan fingerprint density at radius 3 is 2.65 bits per heavy atom. The van der Waals surface area contributed by atoms with E-state index in [1.165, 1.54) is 44.2 Å². The van der Waals surface area contributed by atoms with Crippen LogP contribution in [-0.4, -0.2) is 5.78 Å². The zero-order valence-electron chi connectivity index (χ0n) is 12.4. The van der Waals surface area contributed by atoms with Crippen LogP contribution in [0, 0.1) is 17.7 Å². The molecule has 1 nitrogen and oxygen atoms in total. The minimum atomic E-state index is -0.251. The Morgan fingerprint density at radius 2 is 2.00 bits per heavy atom. The van der Waals surface area contributed by atoms with Gasteiger partial charge in [0.1, 0.15) is 11.6 Å². The van der Waals surface area contributed by atoms with Crippen LogP contribution >= 0.6 is 0 Å². The Labute approximate surface area is 121 Å². The Balaban J connectivity index is 1.80. The maximum absolute atomic E-state index is 13.1. The molecule has 1 aliphatic rings. The Kier molecular flexibility index (Phi) is 5.75. The van der Waals surface area contributed by atoms with Crippen LogP contribution in [0.1, 0.15) is 57.4 Å². The van der Waals surface area contributed by atoms with Crippen LogP contribution in [0.2, 0.25) is 0 Å². The lowest BCUT2D eigenvalue weighted by atomic mass is 9.77. The summed E-state index contributed by atoms with van der Waals surface area (Å²) in [6.45, 7) is 2.23. The van der Waals surface area contributed by atoms with Crippen molar-refractivity contribution >= 4 is 5.78 Å². The van der Waals surface area contributed by atoms with Crippen LogP contribution in [0.3, 0.4) is 0 Å². The minimum absolute atomic E-state index is 0.205. The largest absolute Gasteiger partial charge is 0.299 e. The second kappa shape index (κ2) is 7.56. The molecule has 1 saturated carbocycles. The fraction of sp³-hybridized carbons (Fsp3) is 0.611. The third-order valence-electron chi connectivity index (χ3n) is 4.54. The summed E-state index contributed by atoms with van der Waals surface area (Å²) in [6, 6.07) is 6.42. The molecule has 0 bridgehead atoms. The van der Waals surface area contributed by atoms with E-state index in [4.69, 9.17) is 0 Å². The molecule has 0 spiro atoms. The SMILES string of the molecule is CCCCC1CCC(C(=O)Cc2cccc(F)c2)CC1. The molecule has 0 radical (unpaired) electrons. The van der Waals surface area contributed by atoms with Crippen molar-refractivity contribution in [3.63, 3.8) is 0 Å². The average molecular weight is 276 g/mol. The number of Topliss-reactive ketones (excluding diaryl/α,β-unsaturated/α-hetero) is 1. The third-order valence-corrected chi connectivity index (χ3v) is 4.54. The molecule has 1 aromatic carbocycles. The van der Waals surface area contributed by atoms with Gasteiger partial charge in [0.25, 0.3) is 0 Å². The summed E-state index contributed by atoms with van der Waals surface area (Å²) in [5, 5.41) is 0. The van der Waals surface area contributed by atoms with Gasteiger partial charge in [0, 0.05) is 12.3 Å². The monoisotopic (exact) mass is 276 g/mol. The van der Waals surface area contributed by atoms with Crippen LogP contribution in [0.5, 0.6) is 0 Å². The highest BCUT2D eigenvalue weighted by atomic mass is 19.1. The van der Waals surface area contributed by atoms with Crippen molar-refractivity contribution in [3.8, 4) is 0 Å². The summed E-state index contributed by atoms with van der Waals surface area (Å²) in [5.74, 6) is 1.08. The molecular weight excluding hydrogens is 251 g/mol. The van der Waals surface area contributed by atoms with Crippen molar-refractivity contribution in [2.45, 2.75) is 58.3 Å². The summed E-state index contributed by atoms with van der Waals surface area (Å²) in [6.07, 6.45) is 8.73. The van der Waals surface area contributed by atoms with Gasteiger partial charge in [-0.25, -0.2) is 4.39 Å². The van der Waals surface area contributed by atoms with Gasteiger partial charge >= 0.3 is 0 Å². The molecule has 0 aromatic heterocycles. The van der Waals surface area contributed by atoms with Crippen LogP contribution in [-0.2, 0) is 11.2 Å². The molecule has 2 rings (SSSR count). The second-order valence-electron chi connectivity index (χ2n) is 6.13. The number of hydrogen-bond acceptors (Lipinski definition) is 1. The molecule has 0 amide bonds. The van der Waals surface area contributed by atoms with Gasteiger partial charge in [-0.3, -0.25) is 4.79 Å². The molecule has 1 aromatic rings. The van der Waals surface area contributed by atoms with Crippen LogP contribution < -0.4 is 0 Å². The lowest BCUT2D eigenvalue weighted by molar-refractivity contribution is -0.123. The predicted molar refractivity (Wildman–Crippen MR) is 80.1 cm³/mol. The maximum atomic E-state index is 13.1. The molecule has 20 heavy (non-hydrogen) atoms. The van der Waals surface area contributed by atoms with Gasteiger partial charge in [-0.2, -0.15) is 0 Å². The van der Waals surface area contributed by atoms with Crippen LogP contribution in [0.15, 0.2) is 24.3 Å². The second-order valence-corrected chi connectivity index (χ2v) is 6.13. The molecule has 0 saturated heterocycles. The first-order valence-corrected chi connectivity index (χ1v) is 7.96. The average Bonchev–Trinajstić information content (AvgIpc) is 2.45. The zero-order valence-corrected chi connectivity index (χ0v) is 12.4. The number of rotatable bonds is 6. The van der Waals surface area contributed by atoms with Crippen molar-refractivity contribution < 1.29 is 9.18 Å². The highest BCUT2D eigenvalue weighted by molar-refractivity contribution is 5.83. The third kappa shape index (κ3) is 4.43. The molecule has 0 aliphatic heterocycles. The number of benzene rings is 1. The van der Waals surface area contributed by atoms with Crippen molar-refractivity contribution in [1.29, 1.82) is 0 Å². The van der Waals surface area contributed by atoms with E-state index in [-0.39, 0.29) is 11.7 Å². The smallest absolute Gasteiger partial charge is 0.140 e. The first-order valence-electron chi connectivity index (χ1n) is 7.96. The van der Waals surface area contributed by atoms with Crippen LogP contribution in [0.25, 0.3) is 0 Å². The summed E-state index contributed by atoms with van der Waals surface area (Å²) in [7, 11) is 0. The molecule has 1 fully saturated rings. The minimum Gasteiger partial charge on any atom is -0.299 e. The van der Waals surface area contributed by atoms with Gasteiger partial charge in [-0.15, -0.1) is 0 Å². The topological polar surface area (TPSA) is 17.1 Å². The molecular formula is C18H25FO. The summed E-state index contributed by atoms with van der Waals surface area (Å²) in [4.78, 5) is 12.3. The first kappa shape index (κ1) is 15.2. The fourth-order valence-corrected chi connectivity index (χ4v) is 3.26. The van der Waals surface area contributed by atoms with Gasteiger partial charge in [-0.1, -0.05) is 38.3 Å². The zero-order chi connectivity index (χ0) is 14.4. The van der Waals surface area contributed by atoms with E-state index in [1.54, 1.807) is 6.07 Å². The molecule has 0 unspecified atom stereocenters. The Bertz CT molecular complexity index is 433. The van der Waals surface area contributed by atoms with E-state index in [0.29, 0.717) is 12.2 Å². The Morgan fingerprint density at radius 1 is 1.25 bits per heavy atom. The van der Waals surface area contributed by atoms with E-state index in [1.807, 2.05) is 6.07 Å². The highest BCUT2D eigenvalue weighted by Gasteiger charge is 2.25. The van der Waals surface area contributed by atoms with Crippen molar-refractivity contribution in [2.24, 2.45) is 11.8 Å². The maximum Gasteiger partial charge on any atom is 0.140 e. The quantitative estimate of drug-likeness (QED) is 0.719. The van der Waals surface area contributed by atoms with Gasteiger partial charge < -0.3 is 0 Å². The first-order chi connectivity index (χ1) is 9.69. The van der Waals surface area contributed by atoms with Crippen molar-refractivity contribution in [2.75, 3.05) is 0 Å². The number of halogens is 1. The molecule has 110 valence electrons. The number of carbonyl (C=O) groups excluding carboxylic acids is 1. The standard InChI is InChI=1S/C18H25FO/c1-2-3-5-14-8-10-16(11-9-14)18(20)13-15-6-4-7-17(19)12-15/h4,6-7,12,14,16H,2-3,5,8-11,13H2,1H3. The van der Waals surface area contributed by atoms with E-state index >= 15 is 0 Å². The van der Waals surface area contributed by atoms with Gasteiger partial charge in [-0.05, 0) is 49.3 Å². The van der Waals surface area contributed by atoms with Gasteiger partial charge in [0.15, 0.2) is 0 Å². The lowest BCUT2D eigenvalue weighted by Gasteiger charge is -2.27. The van der Waals surface area contributed by atoms with Crippen LogP contribution in [0.4, 0.5) is 4.39 Å².